The summed E-state index contributed by atoms with van der Waals surface area (Å²) in [7, 11) is 0. The van der Waals surface area contributed by atoms with E-state index in [2.05, 4.69) is 27.8 Å². The predicted molar refractivity (Wildman–Crippen MR) is 87.9 cm³/mol. The normalized spacial score (nSPS) is 16.1. The second-order valence-corrected chi connectivity index (χ2v) is 5.18. The Labute approximate surface area is 139 Å². The van der Waals surface area contributed by atoms with Crippen LogP contribution in [0.4, 0.5) is 5.82 Å². The Morgan fingerprint density at radius 2 is 2.09 bits per heavy atom. The molecule has 23 heavy (non-hydrogen) atoms. The van der Waals surface area contributed by atoms with Crippen LogP contribution in [0.3, 0.4) is 0 Å². The monoisotopic (exact) mass is 336 g/mol. The second kappa shape index (κ2) is 7.26. The molecule has 1 unspecified atom stereocenters. The van der Waals surface area contributed by atoms with Crippen LogP contribution in [0.2, 0.25) is 0 Å². The molecule has 0 bridgehead atoms. The van der Waals surface area contributed by atoms with Crippen LogP contribution >= 0.6 is 12.4 Å². The van der Waals surface area contributed by atoms with E-state index in [9.17, 15) is 14.9 Å². The molecule has 1 atom stereocenters. The Balaban J connectivity index is 0.00000192. The zero-order chi connectivity index (χ0) is 15.5. The van der Waals surface area contributed by atoms with E-state index in [1.54, 1.807) is 0 Å². The summed E-state index contributed by atoms with van der Waals surface area (Å²) < 4.78 is 0. The maximum atomic E-state index is 12.0. The highest BCUT2D eigenvalue weighted by molar-refractivity contribution is 5.92. The molecule has 0 aliphatic carbocycles. The van der Waals surface area contributed by atoms with Gasteiger partial charge < -0.3 is 20.7 Å². The van der Waals surface area contributed by atoms with E-state index >= 15 is 0 Å². The third-order valence-corrected chi connectivity index (χ3v) is 3.79. The number of amides is 1. The van der Waals surface area contributed by atoms with Crippen molar-refractivity contribution in [3.05, 3.63) is 63.3 Å². The lowest BCUT2D eigenvalue weighted by molar-refractivity contribution is -0.389. The largest absolute Gasteiger partial charge is 0.358 e. The maximum absolute atomic E-state index is 12.0. The van der Waals surface area contributed by atoms with Crippen molar-refractivity contribution < 1.29 is 9.72 Å². The SMILES string of the molecule is Cl.O=C(NCC1NCCc2ccccc21)c1ccc([N+](=O)[O-])[nH]1. The molecule has 1 aromatic heterocycles. The average Bonchev–Trinajstić information content (AvgIpc) is 3.03. The molecule has 0 saturated heterocycles. The van der Waals surface area contributed by atoms with Gasteiger partial charge in [-0.15, -0.1) is 12.4 Å². The molecule has 1 amide bonds. The maximum Gasteiger partial charge on any atom is 0.321 e. The fourth-order valence-electron chi connectivity index (χ4n) is 2.69. The first kappa shape index (κ1) is 17.0. The van der Waals surface area contributed by atoms with Gasteiger partial charge in [-0.1, -0.05) is 24.3 Å². The fourth-order valence-corrected chi connectivity index (χ4v) is 2.69. The molecule has 0 radical (unpaired) electrons. The van der Waals surface area contributed by atoms with Crippen LogP contribution in [-0.2, 0) is 6.42 Å². The third-order valence-electron chi connectivity index (χ3n) is 3.79. The third kappa shape index (κ3) is 3.69. The van der Waals surface area contributed by atoms with Gasteiger partial charge in [0.2, 0.25) is 0 Å². The highest BCUT2D eigenvalue weighted by Gasteiger charge is 2.21. The summed E-state index contributed by atoms with van der Waals surface area (Å²) in [5.74, 6) is -0.538. The molecule has 3 rings (SSSR count). The van der Waals surface area contributed by atoms with E-state index in [1.807, 2.05) is 12.1 Å². The lowest BCUT2D eigenvalue weighted by Gasteiger charge is -2.26. The lowest BCUT2D eigenvalue weighted by Crippen LogP contribution is -2.38. The minimum Gasteiger partial charge on any atom is -0.358 e. The van der Waals surface area contributed by atoms with Gasteiger partial charge in [-0.05, 0) is 35.1 Å². The van der Waals surface area contributed by atoms with Crippen LogP contribution in [0.15, 0.2) is 36.4 Å². The summed E-state index contributed by atoms with van der Waals surface area (Å²) >= 11 is 0. The number of hydrogen-bond donors (Lipinski definition) is 3. The van der Waals surface area contributed by atoms with Gasteiger partial charge in [0, 0.05) is 18.7 Å². The number of benzene rings is 1. The fraction of sp³-hybridized carbons (Fsp3) is 0.267. The number of aromatic amines is 1. The molecule has 1 aliphatic heterocycles. The van der Waals surface area contributed by atoms with Crippen LogP contribution < -0.4 is 10.6 Å². The van der Waals surface area contributed by atoms with Crippen molar-refractivity contribution in [3.8, 4) is 0 Å². The number of nitrogens with zero attached hydrogens (tertiary/aromatic N) is 1. The average molecular weight is 337 g/mol. The van der Waals surface area contributed by atoms with E-state index in [0.717, 1.165) is 13.0 Å². The summed E-state index contributed by atoms with van der Waals surface area (Å²) in [5.41, 5.74) is 2.67. The van der Waals surface area contributed by atoms with Gasteiger partial charge in [0.1, 0.15) is 0 Å². The number of hydrogen-bond acceptors (Lipinski definition) is 4. The number of carbonyl (C=O) groups excluding carboxylic acids is 1. The topological polar surface area (TPSA) is 100 Å². The summed E-state index contributed by atoms with van der Waals surface area (Å²) in [6, 6.07) is 10.9. The van der Waals surface area contributed by atoms with Crippen molar-refractivity contribution in [3.63, 3.8) is 0 Å². The molecule has 122 valence electrons. The first-order chi connectivity index (χ1) is 10.6. The summed E-state index contributed by atoms with van der Waals surface area (Å²) in [4.78, 5) is 24.6. The first-order valence-electron chi connectivity index (χ1n) is 7.08. The smallest absolute Gasteiger partial charge is 0.321 e. The van der Waals surface area contributed by atoms with Crippen LogP contribution in [0.5, 0.6) is 0 Å². The minimum atomic E-state index is -0.560. The second-order valence-electron chi connectivity index (χ2n) is 5.18. The molecule has 1 aliphatic rings. The molecule has 2 aromatic rings. The van der Waals surface area contributed by atoms with Crippen molar-refractivity contribution in [2.24, 2.45) is 0 Å². The van der Waals surface area contributed by atoms with E-state index in [1.165, 1.54) is 23.3 Å². The van der Waals surface area contributed by atoms with Crippen LogP contribution in [0.25, 0.3) is 0 Å². The molecule has 2 heterocycles. The number of nitrogens with one attached hydrogen (secondary N) is 3. The molecule has 8 heteroatoms. The summed E-state index contributed by atoms with van der Waals surface area (Å²) in [6.07, 6.45) is 0.976. The van der Waals surface area contributed by atoms with Gasteiger partial charge >= 0.3 is 5.82 Å². The zero-order valence-corrected chi connectivity index (χ0v) is 13.1. The van der Waals surface area contributed by atoms with E-state index in [0.29, 0.717) is 6.54 Å². The number of aromatic nitrogens is 1. The highest BCUT2D eigenvalue weighted by Crippen LogP contribution is 2.22. The molecule has 0 spiro atoms. The van der Waals surface area contributed by atoms with E-state index < -0.39 is 4.92 Å². The van der Waals surface area contributed by atoms with Gasteiger partial charge in [-0.25, -0.2) is 4.98 Å². The van der Waals surface area contributed by atoms with Gasteiger partial charge in [0.15, 0.2) is 5.69 Å². The standard InChI is InChI=1S/C15H16N4O3.ClH/c20-15(12-5-6-14(18-12)19(21)22)17-9-13-11-4-2-1-3-10(11)7-8-16-13;/h1-6,13,16,18H,7-9H2,(H,17,20);1H. The van der Waals surface area contributed by atoms with Crippen LogP contribution in [0, 0.1) is 10.1 Å². The molecule has 0 saturated carbocycles. The van der Waals surface area contributed by atoms with Crippen molar-refractivity contribution in [2.75, 3.05) is 13.1 Å². The Morgan fingerprint density at radius 1 is 1.30 bits per heavy atom. The molecular formula is C15H17ClN4O3. The highest BCUT2D eigenvalue weighted by atomic mass is 35.5. The lowest BCUT2D eigenvalue weighted by atomic mass is 9.94. The quantitative estimate of drug-likeness (QED) is 0.587. The molecule has 1 aromatic carbocycles. The van der Waals surface area contributed by atoms with Crippen molar-refractivity contribution in [2.45, 2.75) is 12.5 Å². The van der Waals surface area contributed by atoms with Crippen molar-refractivity contribution >= 4 is 24.1 Å². The Morgan fingerprint density at radius 3 is 2.83 bits per heavy atom. The molecule has 0 fully saturated rings. The van der Waals surface area contributed by atoms with E-state index in [-0.39, 0.29) is 35.9 Å². The Hall–Kier alpha value is -2.38. The number of carbonyl (C=O) groups is 1. The number of fused-ring (bicyclic) bond motifs is 1. The van der Waals surface area contributed by atoms with Crippen LogP contribution in [0.1, 0.15) is 27.7 Å². The van der Waals surface area contributed by atoms with Crippen molar-refractivity contribution in [1.82, 2.24) is 15.6 Å². The Kier molecular flexibility index (Phi) is 5.36. The summed E-state index contributed by atoms with van der Waals surface area (Å²) in [5, 5.41) is 16.8. The number of halogens is 1. The van der Waals surface area contributed by atoms with Gasteiger partial charge in [0.25, 0.3) is 5.91 Å². The predicted octanol–water partition coefficient (Wildman–Crippen LogP) is 1.96. The molecular weight excluding hydrogens is 320 g/mol. The zero-order valence-electron chi connectivity index (χ0n) is 12.2. The summed E-state index contributed by atoms with van der Waals surface area (Å²) in [6.45, 7) is 1.30. The first-order valence-corrected chi connectivity index (χ1v) is 7.08. The van der Waals surface area contributed by atoms with Crippen LogP contribution in [-0.4, -0.2) is 28.9 Å². The van der Waals surface area contributed by atoms with Gasteiger partial charge in [-0.3, -0.25) is 4.79 Å². The Bertz CT molecular complexity index is 716. The minimum absolute atomic E-state index is 0. The molecule has 7 nitrogen and oxygen atoms in total. The molecule has 3 N–H and O–H groups in total. The number of H-pyrrole nitrogens is 1. The van der Waals surface area contributed by atoms with Gasteiger partial charge in [0.05, 0.1) is 0 Å². The number of rotatable bonds is 4. The van der Waals surface area contributed by atoms with E-state index in [4.69, 9.17) is 0 Å². The van der Waals surface area contributed by atoms with Gasteiger partial charge in [-0.2, -0.15) is 0 Å². The van der Waals surface area contributed by atoms with Crippen molar-refractivity contribution in [1.29, 1.82) is 0 Å². The number of nitro groups is 1.